The molecule has 15 nitrogen and oxygen atoms in total. The van der Waals surface area contributed by atoms with Crippen molar-refractivity contribution in [2.75, 3.05) is 21.3 Å². The average Bonchev–Trinajstić information content (AvgIpc) is 4.01. The molecule has 66 heavy (non-hydrogen) atoms. The molecule has 0 heterocycles. The van der Waals surface area contributed by atoms with Gasteiger partial charge in [-0.2, -0.15) is 0 Å². The summed E-state index contributed by atoms with van der Waals surface area (Å²) in [5.41, 5.74) is 0. The molecule has 0 spiro atoms. The quantitative estimate of drug-likeness (QED) is 0.0464. The SMILES string of the molecule is C=COC(=O)C1CC(/C=C/CC(=O)OC)CC1/C=C/CC.C=COC(=O)C1CC(/C=C/CC(=O)OC)CC1/C=C/CC(=O)OC.C=COC(=O)C1CC(/C=C/CC)CC1/C=C/CC.O.O.O. The van der Waals surface area contributed by atoms with E-state index in [4.69, 9.17) is 14.2 Å². The van der Waals surface area contributed by atoms with E-state index in [1.54, 1.807) is 12.2 Å². The second kappa shape index (κ2) is 38.6. The molecule has 9 unspecified atom stereocenters. The van der Waals surface area contributed by atoms with Crippen molar-refractivity contribution in [2.24, 2.45) is 53.3 Å². The van der Waals surface area contributed by atoms with E-state index in [1.807, 2.05) is 24.3 Å². The van der Waals surface area contributed by atoms with Crippen molar-refractivity contribution >= 4 is 35.8 Å². The Balaban J connectivity index is -0.000000890. The fourth-order valence-electron chi connectivity index (χ4n) is 8.02. The molecule has 3 aliphatic carbocycles. The van der Waals surface area contributed by atoms with Gasteiger partial charge in [0.2, 0.25) is 0 Å². The molecule has 6 N–H and O–H groups in total. The summed E-state index contributed by atoms with van der Waals surface area (Å²) in [7, 11) is 4.05. The van der Waals surface area contributed by atoms with Crippen LogP contribution in [0, 0.1) is 53.3 Å². The minimum Gasteiger partial charge on any atom is -0.469 e. The summed E-state index contributed by atoms with van der Waals surface area (Å²) in [6.45, 7) is 16.6. The maximum Gasteiger partial charge on any atom is 0.314 e. The van der Waals surface area contributed by atoms with Crippen LogP contribution in [0.1, 0.15) is 97.8 Å². The summed E-state index contributed by atoms with van der Waals surface area (Å²) in [4.78, 5) is 69.3. The van der Waals surface area contributed by atoms with Crippen molar-refractivity contribution < 1.29 is 73.6 Å². The molecule has 0 saturated heterocycles. The first-order valence-electron chi connectivity index (χ1n) is 22.0. The van der Waals surface area contributed by atoms with Gasteiger partial charge in [-0.15, -0.1) is 0 Å². The number of allylic oxidation sites excluding steroid dienone is 9. The fraction of sp³-hybridized carbons (Fsp3) is 0.529. The van der Waals surface area contributed by atoms with Crippen molar-refractivity contribution in [2.45, 2.75) is 97.8 Å². The maximum atomic E-state index is 12.1. The van der Waals surface area contributed by atoms with Gasteiger partial charge in [-0.25, -0.2) is 0 Å². The van der Waals surface area contributed by atoms with Gasteiger partial charge >= 0.3 is 35.8 Å². The zero-order valence-electron chi connectivity index (χ0n) is 39.9. The zero-order valence-corrected chi connectivity index (χ0v) is 39.9. The Labute approximate surface area is 392 Å². The molecule has 0 aliphatic heterocycles. The van der Waals surface area contributed by atoms with E-state index in [0.29, 0.717) is 18.3 Å². The molecule has 3 fully saturated rings. The molecule has 15 heteroatoms. The first-order valence-corrected chi connectivity index (χ1v) is 22.0. The molecule has 372 valence electrons. The lowest BCUT2D eigenvalue weighted by atomic mass is 9.95. The van der Waals surface area contributed by atoms with Crippen molar-refractivity contribution in [3.05, 3.63) is 111 Å². The van der Waals surface area contributed by atoms with E-state index in [9.17, 15) is 28.8 Å². The first-order chi connectivity index (χ1) is 30.4. The molecule has 0 radical (unpaired) electrons. The van der Waals surface area contributed by atoms with Crippen LogP contribution in [0.4, 0.5) is 0 Å². The van der Waals surface area contributed by atoms with E-state index < -0.39 is 0 Å². The highest BCUT2D eigenvalue weighted by molar-refractivity contribution is 5.76. The summed E-state index contributed by atoms with van der Waals surface area (Å²) in [6, 6.07) is 0. The lowest BCUT2D eigenvalue weighted by Crippen LogP contribution is -2.18. The third-order valence-electron chi connectivity index (χ3n) is 11.1. The van der Waals surface area contributed by atoms with Crippen LogP contribution >= 0.6 is 0 Å². The number of hydrogen-bond acceptors (Lipinski definition) is 12. The topological polar surface area (TPSA) is 252 Å². The van der Waals surface area contributed by atoms with E-state index in [-0.39, 0.29) is 113 Å². The molecular weight excluding hydrogens is 853 g/mol. The van der Waals surface area contributed by atoms with E-state index in [2.05, 4.69) is 91.2 Å². The van der Waals surface area contributed by atoms with Crippen LogP contribution in [-0.4, -0.2) is 73.6 Å². The summed E-state index contributed by atoms with van der Waals surface area (Å²) >= 11 is 0. The van der Waals surface area contributed by atoms with Gasteiger partial charge in [-0.05, 0) is 93.3 Å². The molecule has 3 aliphatic rings. The Morgan fingerprint density at radius 2 is 0.652 bits per heavy atom. The number of carbonyl (C=O) groups excluding carboxylic acids is 6. The Bertz CT molecular complexity index is 1650. The monoisotopic (exact) mass is 931 g/mol. The van der Waals surface area contributed by atoms with Gasteiger partial charge in [0, 0.05) is 0 Å². The van der Waals surface area contributed by atoms with E-state index in [1.165, 1.54) is 33.9 Å². The molecule has 0 amide bonds. The maximum absolute atomic E-state index is 12.1. The Kier molecular flexibility index (Phi) is 37.8. The number of ether oxygens (including phenoxy) is 6. The summed E-state index contributed by atoms with van der Waals surface area (Å²) in [6.07, 6.45) is 36.1. The predicted octanol–water partition coefficient (Wildman–Crippen LogP) is 7.73. The van der Waals surface area contributed by atoms with Gasteiger partial charge in [0.15, 0.2) is 0 Å². The Morgan fingerprint density at radius 3 is 0.909 bits per heavy atom. The zero-order chi connectivity index (χ0) is 47.0. The third-order valence-corrected chi connectivity index (χ3v) is 11.1. The highest BCUT2D eigenvalue weighted by Gasteiger charge is 2.39. The largest absolute Gasteiger partial charge is 0.469 e. The minimum atomic E-state index is -0.332. The van der Waals surface area contributed by atoms with E-state index >= 15 is 0 Å². The van der Waals surface area contributed by atoms with Crippen LogP contribution in [0.5, 0.6) is 0 Å². The smallest absolute Gasteiger partial charge is 0.314 e. The Hall–Kier alpha value is -5.64. The van der Waals surface area contributed by atoms with Gasteiger partial charge in [0.1, 0.15) is 0 Å². The van der Waals surface area contributed by atoms with Gasteiger partial charge in [0.05, 0.1) is 77.1 Å². The van der Waals surface area contributed by atoms with Crippen LogP contribution in [0.25, 0.3) is 0 Å². The van der Waals surface area contributed by atoms with Crippen LogP contribution < -0.4 is 0 Å². The standard InChI is InChI=1S/C18H24O6.C17H24O4.C16H24O2.3H2O/c1-4-24-18(21)15-12-13(7-5-9-16(19)22-2)11-14(15)8-6-10-17(20)23-3;1-4-6-9-14-11-13(8-7-10-16(18)20-3)12-15(14)17(19)21-5-2;1-4-7-9-13-11-14(10-8-5-2)15(12-13)16(17)18-6-3;;;/h4-8,13-15H,1,9-12H2,2-3H3;5-9,13-15H,2,4,10-12H2,1,3H3;6-10,13-15H,3-5,11-12H2,1-2H3;3*1H2/b7-5+,8-6+;8-7+,9-6+;9-7+,10-8+;;;. The number of methoxy groups -OCH3 is 3. The van der Waals surface area contributed by atoms with Crippen LogP contribution in [0.2, 0.25) is 0 Å². The number of rotatable bonds is 21. The second-order valence-electron chi connectivity index (χ2n) is 15.5. The highest BCUT2D eigenvalue weighted by Crippen LogP contribution is 2.41. The summed E-state index contributed by atoms with van der Waals surface area (Å²) in [5.74, 6) is -0.638. The molecule has 0 bridgehead atoms. The molecule has 3 saturated carbocycles. The van der Waals surface area contributed by atoms with Crippen molar-refractivity contribution in [3.63, 3.8) is 0 Å². The number of hydrogen-bond donors (Lipinski definition) is 0. The predicted molar refractivity (Wildman–Crippen MR) is 254 cm³/mol. The Morgan fingerprint density at radius 1 is 0.409 bits per heavy atom. The summed E-state index contributed by atoms with van der Waals surface area (Å²) < 4.78 is 28.6. The van der Waals surface area contributed by atoms with Gasteiger partial charge in [-0.1, -0.05) is 113 Å². The molecule has 0 aromatic heterocycles. The molecular formula is C51H78O15. The normalized spacial score (nSPS) is 24.2. The van der Waals surface area contributed by atoms with Crippen molar-refractivity contribution in [3.8, 4) is 0 Å². The number of carbonyl (C=O) groups is 6. The van der Waals surface area contributed by atoms with Crippen LogP contribution in [0.15, 0.2) is 111 Å². The lowest BCUT2D eigenvalue weighted by molar-refractivity contribution is -0.144. The fourth-order valence-corrected chi connectivity index (χ4v) is 8.02. The number of esters is 6. The minimum absolute atomic E-state index is 0. The first kappa shape index (κ1) is 64.6. The highest BCUT2D eigenvalue weighted by atomic mass is 16.5. The van der Waals surface area contributed by atoms with Crippen LogP contribution in [0.3, 0.4) is 0 Å². The molecule has 3 rings (SSSR count). The molecule has 0 aromatic rings. The summed E-state index contributed by atoms with van der Waals surface area (Å²) in [5, 5.41) is 0. The third kappa shape index (κ3) is 25.2. The lowest BCUT2D eigenvalue weighted by Gasteiger charge is -2.13. The van der Waals surface area contributed by atoms with Gasteiger partial charge in [-0.3, -0.25) is 28.8 Å². The average molecular weight is 931 g/mol. The van der Waals surface area contributed by atoms with Gasteiger partial charge < -0.3 is 44.8 Å². The molecule has 0 aromatic carbocycles. The van der Waals surface area contributed by atoms with Crippen LogP contribution in [-0.2, 0) is 57.2 Å². The van der Waals surface area contributed by atoms with E-state index in [0.717, 1.165) is 57.6 Å². The van der Waals surface area contributed by atoms with Gasteiger partial charge in [0.25, 0.3) is 0 Å². The second-order valence-corrected chi connectivity index (χ2v) is 15.5. The molecule has 9 atom stereocenters. The van der Waals surface area contributed by atoms with Crippen molar-refractivity contribution in [1.82, 2.24) is 0 Å². The van der Waals surface area contributed by atoms with Crippen molar-refractivity contribution in [1.29, 1.82) is 0 Å².